The molecule has 0 aromatic heterocycles. The van der Waals surface area contributed by atoms with Gasteiger partial charge in [-0.05, 0) is 34.1 Å². The molecule has 3 heteroatoms. The highest BCUT2D eigenvalue weighted by molar-refractivity contribution is 9.10. The lowest BCUT2D eigenvalue weighted by Gasteiger charge is -2.04. The summed E-state index contributed by atoms with van der Waals surface area (Å²) in [4.78, 5) is 0. The van der Waals surface area contributed by atoms with Crippen molar-refractivity contribution in [3.05, 3.63) is 34.5 Å². The molecule has 2 N–H and O–H groups in total. The van der Waals surface area contributed by atoms with Crippen LogP contribution in [0.1, 0.15) is 5.76 Å². The van der Waals surface area contributed by atoms with E-state index in [9.17, 15) is 0 Å². The molecule has 0 saturated carbocycles. The number of hydrogen-bond donors (Lipinski definition) is 1. The summed E-state index contributed by atoms with van der Waals surface area (Å²) in [7, 11) is 0. The van der Waals surface area contributed by atoms with E-state index in [1.807, 2.05) is 24.3 Å². The first-order chi connectivity index (χ1) is 5.81. The Morgan fingerprint density at radius 2 is 2.25 bits per heavy atom. The summed E-state index contributed by atoms with van der Waals surface area (Å²) in [5, 5.41) is 0. The first-order valence-electron chi connectivity index (χ1n) is 3.68. The predicted molar refractivity (Wildman–Crippen MR) is 50.9 cm³/mol. The Labute approximate surface area is 78.8 Å². The highest BCUT2D eigenvalue weighted by Gasteiger charge is 2.09. The zero-order valence-corrected chi connectivity index (χ0v) is 7.97. The lowest BCUT2D eigenvalue weighted by molar-refractivity contribution is 0.508. The molecule has 0 unspecified atom stereocenters. The maximum Gasteiger partial charge on any atom is 0.135 e. The second kappa shape index (κ2) is 2.92. The average Bonchev–Trinajstić information content (AvgIpc) is 2.52. The zero-order chi connectivity index (χ0) is 8.55. The second-order valence-electron chi connectivity index (χ2n) is 2.57. The maximum absolute atomic E-state index is 5.48. The van der Waals surface area contributed by atoms with E-state index in [1.165, 1.54) is 0 Å². The van der Waals surface area contributed by atoms with E-state index >= 15 is 0 Å². The van der Waals surface area contributed by atoms with Gasteiger partial charge in [0.1, 0.15) is 11.5 Å². The Hall–Kier alpha value is -0.800. The average molecular weight is 226 g/mol. The van der Waals surface area contributed by atoms with E-state index in [0.29, 0.717) is 6.54 Å². The van der Waals surface area contributed by atoms with Gasteiger partial charge in [-0.2, -0.15) is 0 Å². The highest BCUT2D eigenvalue weighted by Crippen LogP contribution is 2.32. The lowest BCUT2D eigenvalue weighted by atomic mass is 10.2. The van der Waals surface area contributed by atoms with Crippen molar-refractivity contribution in [1.29, 1.82) is 0 Å². The molecule has 0 radical (unpaired) electrons. The zero-order valence-electron chi connectivity index (χ0n) is 6.38. The first kappa shape index (κ1) is 7.83. The van der Waals surface area contributed by atoms with Crippen LogP contribution in [0.3, 0.4) is 0 Å². The molecule has 0 bridgehead atoms. The maximum atomic E-state index is 5.48. The van der Waals surface area contributed by atoms with Crippen molar-refractivity contribution >= 4 is 15.9 Å². The van der Waals surface area contributed by atoms with E-state index in [2.05, 4.69) is 15.9 Å². The van der Waals surface area contributed by atoms with Crippen LogP contribution < -0.4 is 5.73 Å². The second-order valence-corrected chi connectivity index (χ2v) is 3.42. The van der Waals surface area contributed by atoms with Gasteiger partial charge in [0.25, 0.3) is 0 Å². The van der Waals surface area contributed by atoms with Crippen LogP contribution in [0, 0.1) is 0 Å². The molecule has 0 fully saturated rings. The summed E-state index contributed by atoms with van der Waals surface area (Å²) in [6.07, 6.45) is 0. The molecule has 0 atom stereocenters. The minimum absolute atomic E-state index is 0.430. The van der Waals surface area contributed by atoms with Gasteiger partial charge in [-0.25, -0.2) is 0 Å². The largest absolute Gasteiger partial charge is 0.460 e. The molecule has 0 amide bonds. The Balaban J connectivity index is 2.67. The van der Waals surface area contributed by atoms with Crippen LogP contribution in [0.25, 0.3) is 11.3 Å². The fourth-order valence-electron chi connectivity index (χ4n) is 1.18. The third-order valence-electron chi connectivity index (χ3n) is 1.76. The normalized spacial score (nSPS) is 10.8. The van der Waals surface area contributed by atoms with Crippen LogP contribution in [0.2, 0.25) is 0 Å². The predicted octanol–water partition coefficient (Wildman–Crippen LogP) is 2.61. The number of fused-ring (bicyclic) bond motifs is 1. The number of halogens is 1. The minimum atomic E-state index is 0.430. The summed E-state index contributed by atoms with van der Waals surface area (Å²) >= 11 is 3.45. The van der Waals surface area contributed by atoms with Crippen molar-refractivity contribution in [2.24, 2.45) is 5.73 Å². The van der Waals surface area contributed by atoms with Crippen molar-refractivity contribution in [1.82, 2.24) is 0 Å². The van der Waals surface area contributed by atoms with Gasteiger partial charge in [-0.15, -0.1) is 0 Å². The van der Waals surface area contributed by atoms with Gasteiger partial charge >= 0.3 is 0 Å². The van der Waals surface area contributed by atoms with Gasteiger partial charge in [-0.1, -0.05) is 6.07 Å². The van der Waals surface area contributed by atoms with E-state index in [0.717, 1.165) is 21.6 Å². The molecule has 2 rings (SSSR count). The van der Waals surface area contributed by atoms with Gasteiger partial charge < -0.3 is 10.2 Å². The molecule has 0 aromatic carbocycles. The van der Waals surface area contributed by atoms with E-state index in [-0.39, 0.29) is 0 Å². The number of hydrogen-bond acceptors (Lipinski definition) is 2. The standard InChI is InChI=1S/C9H8BrNO/c10-8-4-6(5-11)12-9-3-1-2-7(8)9/h1-4H,5,11H2. The van der Waals surface area contributed by atoms with Crippen molar-refractivity contribution in [3.8, 4) is 11.3 Å². The SMILES string of the molecule is NCc1cc(Br)c2cccc-2o1. The Morgan fingerprint density at radius 3 is 3.00 bits per heavy atom. The Kier molecular flexibility index (Phi) is 1.90. The Bertz CT molecular complexity index is 369. The molecule has 62 valence electrons. The van der Waals surface area contributed by atoms with Crippen LogP contribution in [0.15, 0.2) is 33.2 Å². The summed E-state index contributed by atoms with van der Waals surface area (Å²) in [5.41, 5.74) is 6.55. The molecule has 2 aliphatic rings. The third-order valence-corrected chi connectivity index (χ3v) is 2.42. The minimum Gasteiger partial charge on any atom is -0.460 e. The third kappa shape index (κ3) is 1.15. The van der Waals surface area contributed by atoms with Crippen molar-refractivity contribution in [2.75, 3.05) is 0 Å². The summed E-state index contributed by atoms with van der Waals surface area (Å²) in [6, 6.07) is 7.80. The van der Waals surface area contributed by atoms with Crippen LogP contribution in [-0.2, 0) is 6.54 Å². The topological polar surface area (TPSA) is 39.2 Å². The van der Waals surface area contributed by atoms with Gasteiger partial charge in [0.15, 0.2) is 0 Å². The monoisotopic (exact) mass is 225 g/mol. The van der Waals surface area contributed by atoms with Gasteiger partial charge in [0.05, 0.1) is 6.54 Å². The van der Waals surface area contributed by atoms with Gasteiger partial charge in [0.2, 0.25) is 0 Å². The van der Waals surface area contributed by atoms with Crippen LogP contribution in [0.5, 0.6) is 0 Å². The summed E-state index contributed by atoms with van der Waals surface area (Å²) in [5.74, 6) is 1.67. The molecule has 0 spiro atoms. The fraction of sp³-hybridized carbons (Fsp3) is 0.111. The Morgan fingerprint density at radius 1 is 1.42 bits per heavy atom. The van der Waals surface area contributed by atoms with Gasteiger partial charge in [-0.3, -0.25) is 0 Å². The molecule has 2 nitrogen and oxygen atoms in total. The molecule has 1 heterocycles. The quantitative estimate of drug-likeness (QED) is 0.811. The van der Waals surface area contributed by atoms with Crippen molar-refractivity contribution in [3.63, 3.8) is 0 Å². The summed E-state index contributed by atoms with van der Waals surface area (Å²) in [6.45, 7) is 0.430. The molecule has 1 aliphatic heterocycles. The lowest BCUT2D eigenvalue weighted by Crippen LogP contribution is -1.96. The smallest absolute Gasteiger partial charge is 0.135 e. The van der Waals surface area contributed by atoms with Crippen LogP contribution >= 0.6 is 15.9 Å². The number of rotatable bonds is 1. The van der Waals surface area contributed by atoms with Crippen molar-refractivity contribution in [2.45, 2.75) is 6.54 Å². The molecule has 1 aliphatic carbocycles. The van der Waals surface area contributed by atoms with Crippen molar-refractivity contribution < 1.29 is 4.42 Å². The first-order valence-corrected chi connectivity index (χ1v) is 4.47. The highest BCUT2D eigenvalue weighted by atomic mass is 79.9. The molecule has 12 heavy (non-hydrogen) atoms. The van der Waals surface area contributed by atoms with Crippen LogP contribution in [-0.4, -0.2) is 0 Å². The van der Waals surface area contributed by atoms with E-state index < -0.39 is 0 Å². The molecular formula is C9H8BrNO. The molecule has 0 aromatic rings. The molecule has 0 saturated heterocycles. The van der Waals surface area contributed by atoms with Gasteiger partial charge in [0, 0.05) is 10.0 Å². The van der Waals surface area contributed by atoms with Crippen LogP contribution in [0.4, 0.5) is 0 Å². The number of nitrogens with two attached hydrogens (primary N) is 1. The summed E-state index contributed by atoms with van der Waals surface area (Å²) < 4.78 is 6.51. The van der Waals surface area contributed by atoms with E-state index in [4.69, 9.17) is 10.2 Å². The van der Waals surface area contributed by atoms with E-state index in [1.54, 1.807) is 0 Å². The molecular weight excluding hydrogens is 218 g/mol. The fourth-order valence-corrected chi connectivity index (χ4v) is 1.76.